The third-order valence-electron chi connectivity index (χ3n) is 1.84. The number of nitrogens with one attached hydrogen (secondary N) is 1. The molecular weight excluding hydrogens is 194 g/mol. The van der Waals surface area contributed by atoms with Crippen LogP contribution in [-0.4, -0.2) is 11.5 Å². The summed E-state index contributed by atoms with van der Waals surface area (Å²) in [6.45, 7) is 7.28. The predicted molar refractivity (Wildman–Crippen MR) is 58.0 cm³/mol. The zero-order valence-electron chi connectivity index (χ0n) is 8.79. The maximum Gasteiger partial charge on any atom is 0.0897 e. The van der Waals surface area contributed by atoms with Crippen molar-refractivity contribution in [2.75, 3.05) is 6.54 Å². The van der Waals surface area contributed by atoms with Gasteiger partial charge in [-0.3, -0.25) is 0 Å². The van der Waals surface area contributed by atoms with Crippen molar-refractivity contribution in [3.8, 4) is 6.07 Å². The summed E-state index contributed by atoms with van der Waals surface area (Å²) >= 11 is 1.65. The first-order chi connectivity index (χ1) is 6.53. The standard InChI is InChI=1S/C10H15N3S/c1-8-13-9(5-14-8)4-12-7-10(2,3)6-11/h5,12H,4,7H2,1-3H3. The lowest BCUT2D eigenvalue weighted by Gasteiger charge is -2.14. The molecule has 1 aromatic heterocycles. The van der Waals surface area contributed by atoms with E-state index in [1.54, 1.807) is 11.3 Å². The molecule has 76 valence electrons. The fourth-order valence-corrected chi connectivity index (χ4v) is 1.64. The van der Waals surface area contributed by atoms with E-state index >= 15 is 0 Å². The Bertz CT molecular complexity index is 335. The van der Waals surface area contributed by atoms with Crippen molar-refractivity contribution < 1.29 is 0 Å². The Labute approximate surface area is 88.8 Å². The summed E-state index contributed by atoms with van der Waals surface area (Å²) < 4.78 is 0. The minimum absolute atomic E-state index is 0.301. The molecule has 0 aliphatic heterocycles. The van der Waals surface area contributed by atoms with Crippen LogP contribution < -0.4 is 5.32 Å². The number of hydrogen-bond acceptors (Lipinski definition) is 4. The van der Waals surface area contributed by atoms with Gasteiger partial charge in [0.05, 0.1) is 22.2 Å². The van der Waals surface area contributed by atoms with E-state index in [2.05, 4.69) is 16.4 Å². The van der Waals surface area contributed by atoms with E-state index in [-0.39, 0.29) is 5.41 Å². The van der Waals surface area contributed by atoms with Gasteiger partial charge in [-0.25, -0.2) is 4.98 Å². The minimum atomic E-state index is -0.301. The predicted octanol–water partition coefficient (Wildman–Crippen LogP) is 2.09. The van der Waals surface area contributed by atoms with Gasteiger partial charge >= 0.3 is 0 Å². The van der Waals surface area contributed by atoms with Crippen molar-refractivity contribution >= 4 is 11.3 Å². The highest BCUT2D eigenvalue weighted by molar-refractivity contribution is 7.09. The van der Waals surface area contributed by atoms with Crippen LogP contribution in [0.2, 0.25) is 0 Å². The van der Waals surface area contributed by atoms with Crippen LogP contribution in [0.5, 0.6) is 0 Å². The molecule has 0 saturated carbocycles. The van der Waals surface area contributed by atoms with Crippen molar-refractivity contribution in [2.45, 2.75) is 27.3 Å². The van der Waals surface area contributed by atoms with Gasteiger partial charge in [0.1, 0.15) is 0 Å². The molecule has 0 aliphatic rings. The maximum atomic E-state index is 8.79. The molecule has 0 amide bonds. The van der Waals surface area contributed by atoms with Crippen LogP contribution in [0.25, 0.3) is 0 Å². The van der Waals surface area contributed by atoms with Crippen LogP contribution in [-0.2, 0) is 6.54 Å². The lowest BCUT2D eigenvalue weighted by atomic mass is 9.96. The van der Waals surface area contributed by atoms with Crippen molar-refractivity contribution in [3.63, 3.8) is 0 Å². The van der Waals surface area contributed by atoms with Crippen LogP contribution in [0.15, 0.2) is 5.38 Å². The highest BCUT2D eigenvalue weighted by Gasteiger charge is 2.15. The largest absolute Gasteiger partial charge is 0.310 e. The Morgan fingerprint density at radius 3 is 2.86 bits per heavy atom. The topological polar surface area (TPSA) is 48.7 Å². The summed E-state index contributed by atoms with van der Waals surface area (Å²) in [6, 6.07) is 2.25. The average Bonchev–Trinajstić information content (AvgIpc) is 2.51. The van der Waals surface area contributed by atoms with Gasteiger partial charge in [-0.1, -0.05) is 0 Å². The van der Waals surface area contributed by atoms with Crippen LogP contribution in [0.3, 0.4) is 0 Å². The van der Waals surface area contributed by atoms with Crippen molar-refractivity contribution in [2.24, 2.45) is 5.41 Å². The molecule has 3 nitrogen and oxygen atoms in total. The molecule has 14 heavy (non-hydrogen) atoms. The van der Waals surface area contributed by atoms with Gasteiger partial charge in [-0.2, -0.15) is 5.26 Å². The number of nitriles is 1. The SMILES string of the molecule is Cc1nc(CNCC(C)(C)C#N)cs1. The highest BCUT2D eigenvalue weighted by Crippen LogP contribution is 2.12. The number of rotatable bonds is 4. The first kappa shape index (κ1) is 11.2. The molecule has 0 fully saturated rings. The van der Waals surface area contributed by atoms with Crippen molar-refractivity contribution in [3.05, 3.63) is 16.1 Å². The van der Waals surface area contributed by atoms with Gasteiger partial charge in [0.2, 0.25) is 0 Å². The van der Waals surface area contributed by atoms with Gasteiger partial charge in [0, 0.05) is 18.5 Å². The highest BCUT2D eigenvalue weighted by atomic mass is 32.1. The van der Waals surface area contributed by atoms with E-state index in [4.69, 9.17) is 5.26 Å². The molecule has 0 aliphatic carbocycles. The molecule has 0 unspecified atom stereocenters. The van der Waals surface area contributed by atoms with Gasteiger partial charge in [0.25, 0.3) is 0 Å². The first-order valence-corrected chi connectivity index (χ1v) is 5.44. The van der Waals surface area contributed by atoms with E-state index < -0.39 is 0 Å². The van der Waals surface area contributed by atoms with Crippen LogP contribution >= 0.6 is 11.3 Å². The zero-order valence-corrected chi connectivity index (χ0v) is 9.61. The second-order valence-corrected chi connectivity index (χ2v) is 5.02. The van der Waals surface area contributed by atoms with E-state index in [0.717, 1.165) is 17.2 Å². The molecule has 1 heterocycles. The summed E-state index contributed by atoms with van der Waals surface area (Å²) in [6.07, 6.45) is 0. The fourth-order valence-electron chi connectivity index (χ4n) is 1.03. The molecule has 0 saturated heterocycles. The van der Waals surface area contributed by atoms with Crippen molar-refractivity contribution in [1.29, 1.82) is 5.26 Å². The van der Waals surface area contributed by atoms with E-state index in [1.165, 1.54) is 0 Å². The summed E-state index contributed by atoms with van der Waals surface area (Å²) in [5.41, 5.74) is 0.756. The average molecular weight is 209 g/mol. The minimum Gasteiger partial charge on any atom is -0.310 e. The molecular formula is C10H15N3S. The monoisotopic (exact) mass is 209 g/mol. The smallest absolute Gasteiger partial charge is 0.0897 e. The third kappa shape index (κ3) is 3.44. The Hall–Kier alpha value is -0.920. The summed E-state index contributed by atoms with van der Waals surface area (Å²) in [7, 11) is 0. The number of nitrogens with zero attached hydrogens (tertiary/aromatic N) is 2. The van der Waals surface area contributed by atoms with Gasteiger partial charge in [-0.05, 0) is 20.8 Å². The quantitative estimate of drug-likeness (QED) is 0.826. The number of thiazole rings is 1. The molecule has 0 aromatic carbocycles. The second kappa shape index (κ2) is 4.54. The molecule has 0 bridgehead atoms. The van der Waals surface area contributed by atoms with E-state index in [1.807, 2.05) is 26.2 Å². The van der Waals surface area contributed by atoms with Crippen LogP contribution in [0, 0.1) is 23.7 Å². The summed E-state index contributed by atoms with van der Waals surface area (Å²) in [4.78, 5) is 4.33. The third-order valence-corrected chi connectivity index (χ3v) is 2.66. The molecule has 0 atom stereocenters. The molecule has 4 heteroatoms. The zero-order chi connectivity index (χ0) is 10.6. The molecule has 0 radical (unpaired) electrons. The Kier molecular flexibility index (Phi) is 3.62. The lowest BCUT2D eigenvalue weighted by Crippen LogP contribution is -2.27. The van der Waals surface area contributed by atoms with E-state index in [9.17, 15) is 0 Å². The van der Waals surface area contributed by atoms with Gasteiger partial charge < -0.3 is 5.32 Å². The molecule has 1 rings (SSSR count). The number of hydrogen-bond donors (Lipinski definition) is 1. The molecule has 1 aromatic rings. The molecule has 1 N–H and O–H groups in total. The Balaban J connectivity index is 2.33. The summed E-state index contributed by atoms with van der Waals surface area (Å²) in [5, 5.41) is 15.1. The van der Waals surface area contributed by atoms with E-state index in [0.29, 0.717) is 6.54 Å². The normalized spacial score (nSPS) is 11.3. The number of aromatic nitrogens is 1. The second-order valence-electron chi connectivity index (χ2n) is 3.96. The lowest BCUT2D eigenvalue weighted by molar-refractivity contribution is 0.443. The molecule has 0 spiro atoms. The van der Waals surface area contributed by atoms with Crippen molar-refractivity contribution in [1.82, 2.24) is 10.3 Å². The maximum absolute atomic E-state index is 8.79. The van der Waals surface area contributed by atoms with Gasteiger partial charge in [0.15, 0.2) is 0 Å². The van der Waals surface area contributed by atoms with Crippen LogP contribution in [0.1, 0.15) is 24.5 Å². The Morgan fingerprint density at radius 2 is 2.36 bits per heavy atom. The first-order valence-electron chi connectivity index (χ1n) is 4.56. The van der Waals surface area contributed by atoms with Gasteiger partial charge in [-0.15, -0.1) is 11.3 Å². The fraction of sp³-hybridized carbons (Fsp3) is 0.600. The number of aryl methyl sites for hydroxylation is 1. The van der Waals surface area contributed by atoms with Crippen LogP contribution in [0.4, 0.5) is 0 Å². The summed E-state index contributed by atoms with van der Waals surface area (Å²) in [5.74, 6) is 0. The Morgan fingerprint density at radius 1 is 1.64 bits per heavy atom.